The van der Waals surface area contributed by atoms with Crippen LogP contribution in [0.25, 0.3) is 0 Å². The zero-order valence-corrected chi connectivity index (χ0v) is 6.99. The Morgan fingerprint density at radius 1 is 1.62 bits per heavy atom. The molecule has 0 spiro atoms. The average molecular weight is 179 g/mol. The SMILES string of the molecule is NC(=O)C1=NC=C1N1CCCC1=O. The van der Waals surface area contributed by atoms with Gasteiger partial charge in [-0.3, -0.25) is 9.59 Å². The van der Waals surface area contributed by atoms with Crippen LogP contribution < -0.4 is 5.73 Å². The Morgan fingerprint density at radius 2 is 2.38 bits per heavy atom. The molecule has 5 heteroatoms. The quantitative estimate of drug-likeness (QED) is 0.614. The Balaban J connectivity index is 2.12. The van der Waals surface area contributed by atoms with Crippen LogP contribution in [0.1, 0.15) is 12.8 Å². The molecule has 0 atom stereocenters. The van der Waals surface area contributed by atoms with Gasteiger partial charge in [-0.15, -0.1) is 0 Å². The maximum Gasteiger partial charge on any atom is 0.269 e. The molecule has 0 aliphatic carbocycles. The lowest BCUT2D eigenvalue weighted by Crippen LogP contribution is -2.38. The second kappa shape index (κ2) is 2.69. The molecule has 0 saturated carbocycles. The van der Waals surface area contributed by atoms with Crippen LogP contribution in [-0.2, 0) is 9.59 Å². The van der Waals surface area contributed by atoms with Crippen molar-refractivity contribution in [2.45, 2.75) is 12.8 Å². The molecule has 2 amide bonds. The van der Waals surface area contributed by atoms with E-state index in [-0.39, 0.29) is 11.6 Å². The molecule has 1 saturated heterocycles. The van der Waals surface area contributed by atoms with Crippen LogP contribution in [-0.4, -0.2) is 29.0 Å². The predicted molar refractivity (Wildman–Crippen MR) is 45.7 cm³/mol. The maximum absolute atomic E-state index is 11.3. The molecule has 2 aliphatic rings. The highest BCUT2D eigenvalue weighted by Crippen LogP contribution is 2.21. The van der Waals surface area contributed by atoms with E-state index in [1.54, 1.807) is 4.90 Å². The molecule has 2 aliphatic heterocycles. The highest BCUT2D eigenvalue weighted by molar-refractivity contribution is 6.46. The van der Waals surface area contributed by atoms with Gasteiger partial charge in [0, 0.05) is 13.0 Å². The zero-order valence-electron chi connectivity index (χ0n) is 6.99. The van der Waals surface area contributed by atoms with Gasteiger partial charge in [-0.25, -0.2) is 4.99 Å². The number of primary amides is 1. The molecule has 2 heterocycles. The van der Waals surface area contributed by atoms with E-state index in [2.05, 4.69) is 4.99 Å². The summed E-state index contributed by atoms with van der Waals surface area (Å²) in [4.78, 5) is 27.3. The molecule has 0 aromatic rings. The summed E-state index contributed by atoms with van der Waals surface area (Å²) in [6.45, 7) is 0.664. The molecule has 13 heavy (non-hydrogen) atoms. The van der Waals surface area contributed by atoms with Crippen molar-refractivity contribution < 1.29 is 9.59 Å². The molecule has 0 unspecified atom stereocenters. The molecule has 0 aromatic carbocycles. The maximum atomic E-state index is 11.3. The van der Waals surface area contributed by atoms with E-state index in [1.807, 2.05) is 0 Å². The molecule has 68 valence electrons. The minimum absolute atomic E-state index is 0.0416. The summed E-state index contributed by atoms with van der Waals surface area (Å²) in [6.07, 6.45) is 2.88. The van der Waals surface area contributed by atoms with Crippen molar-refractivity contribution in [1.82, 2.24) is 4.90 Å². The van der Waals surface area contributed by atoms with Crippen LogP contribution in [0.3, 0.4) is 0 Å². The molecule has 0 aromatic heterocycles. The van der Waals surface area contributed by atoms with E-state index < -0.39 is 5.91 Å². The van der Waals surface area contributed by atoms with Crippen LogP contribution in [0.4, 0.5) is 0 Å². The molecule has 2 rings (SSSR count). The van der Waals surface area contributed by atoms with Gasteiger partial charge >= 0.3 is 0 Å². The average Bonchev–Trinajstić information content (AvgIpc) is 2.33. The van der Waals surface area contributed by atoms with Gasteiger partial charge in [-0.2, -0.15) is 0 Å². The number of amides is 2. The van der Waals surface area contributed by atoms with Crippen LogP contribution >= 0.6 is 0 Å². The van der Waals surface area contributed by atoms with Crippen molar-refractivity contribution >= 4 is 17.5 Å². The fourth-order valence-electron chi connectivity index (χ4n) is 1.48. The minimum atomic E-state index is -0.572. The number of carbonyl (C=O) groups excluding carboxylic acids is 2. The van der Waals surface area contributed by atoms with E-state index in [0.29, 0.717) is 18.7 Å². The van der Waals surface area contributed by atoms with Crippen molar-refractivity contribution in [1.29, 1.82) is 0 Å². The smallest absolute Gasteiger partial charge is 0.269 e. The number of aliphatic imine (C=N–C) groups is 1. The second-order valence-corrected chi connectivity index (χ2v) is 3.01. The molecule has 5 nitrogen and oxygen atoms in total. The highest BCUT2D eigenvalue weighted by atomic mass is 16.2. The van der Waals surface area contributed by atoms with Crippen molar-refractivity contribution in [3.8, 4) is 0 Å². The number of likely N-dealkylation sites (tertiary alicyclic amines) is 1. The van der Waals surface area contributed by atoms with E-state index in [1.165, 1.54) is 6.20 Å². The Hall–Kier alpha value is -1.65. The second-order valence-electron chi connectivity index (χ2n) is 3.01. The molecule has 0 radical (unpaired) electrons. The standard InChI is InChI=1S/C8H9N3O2/c9-8(13)7-5(4-10-7)11-3-1-2-6(11)12/h4H,1-3H2,(H2,9,13). The Morgan fingerprint density at radius 3 is 2.77 bits per heavy atom. The van der Waals surface area contributed by atoms with Gasteiger partial charge in [0.2, 0.25) is 5.91 Å². The summed E-state index contributed by atoms with van der Waals surface area (Å²) >= 11 is 0. The Labute approximate surface area is 74.9 Å². The van der Waals surface area contributed by atoms with E-state index in [9.17, 15) is 9.59 Å². The lowest BCUT2D eigenvalue weighted by atomic mass is 10.2. The number of rotatable bonds is 2. The van der Waals surface area contributed by atoms with Crippen LogP contribution in [0, 0.1) is 0 Å². The fraction of sp³-hybridized carbons (Fsp3) is 0.375. The van der Waals surface area contributed by atoms with Gasteiger partial charge in [-0.05, 0) is 6.42 Å². The van der Waals surface area contributed by atoms with Gasteiger partial charge in [0.1, 0.15) is 0 Å². The summed E-state index contributed by atoms with van der Waals surface area (Å²) in [7, 11) is 0. The first-order valence-electron chi connectivity index (χ1n) is 4.08. The third kappa shape index (κ3) is 1.12. The number of hydrogen-bond donors (Lipinski definition) is 1. The number of hydrogen-bond acceptors (Lipinski definition) is 3. The first-order valence-corrected chi connectivity index (χ1v) is 4.08. The third-order valence-corrected chi connectivity index (χ3v) is 2.16. The topological polar surface area (TPSA) is 75.8 Å². The summed E-state index contributed by atoms with van der Waals surface area (Å²) in [5, 5.41) is 0. The number of nitrogens with two attached hydrogens (primary N) is 1. The predicted octanol–water partition coefficient (Wildman–Crippen LogP) is -0.610. The molecular formula is C8H9N3O2. The van der Waals surface area contributed by atoms with E-state index in [4.69, 9.17) is 5.73 Å². The molecule has 1 fully saturated rings. The van der Waals surface area contributed by atoms with Crippen LogP contribution in [0.2, 0.25) is 0 Å². The van der Waals surface area contributed by atoms with Gasteiger partial charge in [-0.1, -0.05) is 0 Å². The largest absolute Gasteiger partial charge is 0.364 e. The lowest BCUT2D eigenvalue weighted by molar-refractivity contribution is -0.125. The summed E-state index contributed by atoms with van der Waals surface area (Å²) < 4.78 is 0. The van der Waals surface area contributed by atoms with Gasteiger partial charge in [0.25, 0.3) is 5.91 Å². The summed E-state index contributed by atoms with van der Waals surface area (Å²) in [5.41, 5.74) is 5.85. The minimum Gasteiger partial charge on any atom is -0.364 e. The van der Waals surface area contributed by atoms with Crippen molar-refractivity contribution in [3.05, 3.63) is 11.9 Å². The number of nitrogens with zero attached hydrogens (tertiary/aromatic N) is 2. The van der Waals surface area contributed by atoms with Crippen molar-refractivity contribution in [3.63, 3.8) is 0 Å². The van der Waals surface area contributed by atoms with Crippen LogP contribution in [0.15, 0.2) is 16.9 Å². The van der Waals surface area contributed by atoms with Gasteiger partial charge < -0.3 is 10.6 Å². The third-order valence-electron chi connectivity index (χ3n) is 2.16. The Bertz CT molecular complexity index is 343. The normalized spacial score (nSPS) is 20.9. The van der Waals surface area contributed by atoms with Crippen molar-refractivity contribution in [2.24, 2.45) is 10.7 Å². The monoisotopic (exact) mass is 179 g/mol. The summed E-state index contributed by atoms with van der Waals surface area (Å²) in [6, 6.07) is 0. The van der Waals surface area contributed by atoms with E-state index >= 15 is 0 Å². The zero-order chi connectivity index (χ0) is 9.42. The number of carbonyl (C=O) groups is 2. The highest BCUT2D eigenvalue weighted by Gasteiger charge is 2.31. The Kier molecular flexibility index (Phi) is 1.65. The molecular weight excluding hydrogens is 170 g/mol. The van der Waals surface area contributed by atoms with Gasteiger partial charge in [0.05, 0.1) is 11.9 Å². The van der Waals surface area contributed by atoms with Crippen LogP contribution in [0.5, 0.6) is 0 Å². The summed E-state index contributed by atoms with van der Waals surface area (Å²) in [5.74, 6) is -0.530. The first-order chi connectivity index (χ1) is 6.20. The fourth-order valence-corrected chi connectivity index (χ4v) is 1.48. The van der Waals surface area contributed by atoms with E-state index in [0.717, 1.165) is 6.42 Å². The molecule has 0 bridgehead atoms. The lowest BCUT2D eigenvalue weighted by Gasteiger charge is -2.22. The first kappa shape index (κ1) is 7.97. The van der Waals surface area contributed by atoms with Crippen molar-refractivity contribution in [2.75, 3.05) is 6.54 Å². The molecule has 2 N–H and O–H groups in total. The van der Waals surface area contributed by atoms with Gasteiger partial charge in [0.15, 0.2) is 5.71 Å².